The van der Waals surface area contributed by atoms with Gasteiger partial charge in [-0.05, 0) is 46.8 Å². The van der Waals surface area contributed by atoms with Crippen molar-refractivity contribution in [2.75, 3.05) is 0 Å². The number of carbonyl (C=O) groups is 1. The molecular weight excluding hydrogens is 426 g/mol. The normalized spacial score (nSPS) is 16.1. The lowest BCUT2D eigenvalue weighted by Crippen LogP contribution is -2.19. The van der Waals surface area contributed by atoms with Gasteiger partial charge in [-0.15, -0.1) is 0 Å². The van der Waals surface area contributed by atoms with E-state index >= 15 is 0 Å². The van der Waals surface area contributed by atoms with E-state index in [0.717, 1.165) is 16.5 Å². The van der Waals surface area contributed by atoms with E-state index in [2.05, 4.69) is 10.3 Å². The summed E-state index contributed by atoms with van der Waals surface area (Å²) in [4.78, 5) is 27.9. The number of non-ortho nitro benzene ring substituents is 1. The van der Waals surface area contributed by atoms with Crippen LogP contribution in [0.1, 0.15) is 5.76 Å². The smallest absolute Gasteiger partial charge is 0.270 e. The summed E-state index contributed by atoms with van der Waals surface area (Å²) in [5.41, 5.74) is 1.32. The van der Waals surface area contributed by atoms with E-state index in [9.17, 15) is 14.9 Å². The Labute approximate surface area is 186 Å². The number of furan rings is 1. The second-order valence-electron chi connectivity index (χ2n) is 7.02. The molecular formula is C24H15N3O4S. The third kappa shape index (κ3) is 4.03. The Balaban J connectivity index is 1.37. The topological polar surface area (TPSA) is 97.7 Å². The zero-order valence-corrected chi connectivity index (χ0v) is 17.3. The number of carbonyl (C=O) groups excluding carboxylic acids is 1. The number of hydrogen-bond donors (Lipinski definition) is 1. The number of fused-ring (bicyclic) bond motifs is 1. The monoisotopic (exact) mass is 441 g/mol. The molecule has 1 aliphatic heterocycles. The third-order valence-electron chi connectivity index (χ3n) is 4.86. The van der Waals surface area contributed by atoms with Crippen LogP contribution in [0.15, 0.2) is 93.2 Å². The molecule has 1 aliphatic rings. The maximum absolute atomic E-state index is 12.4. The quantitative estimate of drug-likeness (QED) is 0.242. The summed E-state index contributed by atoms with van der Waals surface area (Å²) >= 11 is 1.23. The van der Waals surface area contributed by atoms with E-state index in [1.165, 1.54) is 23.9 Å². The minimum absolute atomic E-state index is 0.0147. The third-order valence-corrected chi connectivity index (χ3v) is 5.77. The van der Waals surface area contributed by atoms with Crippen LogP contribution >= 0.6 is 11.8 Å². The van der Waals surface area contributed by atoms with Crippen LogP contribution in [0, 0.1) is 10.1 Å². The van der Waals surface area contributed by atoms with Crippen LogP contribution in [0.4, 0.5) is 11.4 Å². The molecule has 8 heteroatoms. The molecule has 0 atom stereocenters. The summed E-state index contributed by atoms with van der Waals surface area (Å²) in [6, 6.07) is 23.5. The molecule has 1 amide bonds. The molecule has 1 N–H and O–H groups in total. The van der Waals surface area contributed by atoms with Crippen molar-refractivity contribution in [1.29, 1.82) is 0 Å². The summed E-state index contributed by atoms with van der Waals surface area (Å²) in [5, 5.41) is 16.4. The molecule has 0 spiro atoms. The molecule has 2 heterocycles. The van der Waals surface area contributed by atoms with Crippen molar-refractivity contribution in [3.8, 4) is 11.3 Å². The van der Waals surface area contributed by atoms with Crippen molar-refractivity contribution in [3.63, 3.8) is 0 Å². The van der Waals surface area contributed by atoms with Crippen molar-refractivity contribution in [2.24, 2.45) is 4.99 Å². The maximum atomic E-state index is 12.4. The number of benzene rings is 3. The minimum Gasteiger partial charge on any atom is -0.457 e. The molecule has 7 nitrogen and oxygen atoms in total. The molecule has 4 aromatic rings. The summed E-state index contributed by atoms with van der Waals surface area (Å²) in [6.07, 6.45) is 1.63. The van der Waals surface area contributed by atoms with Crippen molar-refractivity contribution >= 4 is 51.1 Å². The Morgan fingerprint density at radius 2 is 1.81 bits per heavy atom. The molecule has 0 saturated carbocycles. The molecule has 0 unspecified atom stereocenters. The van der Waals surface area contributed by atoms with Crippen LogP contribution in [0.3, 0.4) is 0 Å². The van der Waals surface area contributed by atoms with Crippen LogP contribution in [0.25, 0.3) is 28.2 Å². The zero-order valence-electron chi connectivity index (χ0n) is 16.5. The number of nitrogens with one attached hydrogen (secondary N) is 1. The molecule has 5 rings (SSSR count). The SMILES string of the molecule is O=C1NC(=Nc2ccc3ccccc3c2)SC1=Cc1ccc(-c2cccc([N+](=O)[O-])c2)o1. The van der Waals surface area contributed by atoms with Crippen molar-refractivity contribution < 1.29 is 14.1 Å². The molecule has 32 heavy (non-hydrogen) atoms. The van der Waals surface area contributed by atoms with Gasteiger partial charge < -0.3 is 9.73 Å². The van der Waals surface area contributed by atoms with Gasteiger partial charge in [-0.1, -0.05) is 42.5 Å². The minimum atomic E-state index is -0.453. The average molecular weight is 441 g/mol. The summed E-state index contributed by atoms with van der Waals surface area (Å²) in [6.45, 7) is 0. The summed E-state index contributed by atoms with van der Waals surface area (Å²) in [7, 11) is 0. The van der Waals surface area contributed by atoms with Gasteiger partial charge in [0.05, 0.1) is 15.5 Å². The highest BCUT2D eigenvalue weighted by molar-refractivity contribution is 8.18. The van der Waals surface area contributed by atoms with Gasteiger partial charge in [0, 0.05) is 23.8 Å². The fourth-order valence-corrected chi connectivity index (χ4v) is 4.15. The lowest BCUT2D eigenvalue weighted by molar-refractivity contribution is -0.384. The Kier molecular flexibility index (Phi) is 5.04. The number of rotatable bonds is 4. The maximum Gasteiger partial charge on any atom is 0.270 e. The number of nitro benzene ring substituents is 1. The largest absolute Gasteiger partial charge is 0.457 e. The second-order valence-corrected chi connectivity index (χ2v) is 8.05. The van der Waals surface area contributed by atoms with E-state index < -0.39 is 4.92 Å². The Morgan fingerprint density at radius 3 is 2.66 bits per heavy atom. The molecule has 1 fully saturated rings. The highest BCUT2D eigenvalue weighted by Crippen LogP contribution is 2.31. The zero-order chi connectivity index (χ0) is 22.1. The first-order valence-electron chi connectivity index (χ1n) is 9.68. The number of nitrogens with zero attached hydrogens (tertiary/aromatic N) is 2. The van der Waals surface area contributed by atoms with Gasteiger partial charge >= 0.3 is 0 Å². The predicted octanol–water partition coefficient (Wildman–Crippen LogP) is 5.90. The van der Waals surface area contributed by atoms with Crippen LogP contribution in [-0.2, 0) is 4.79 Å². The first kappa shape index (κ1) is 19.8. The van der Waals surface area contributed by atoms with E-state index in [4.69, 9.17) is 4.42 Å². The van der Waals surface area contributed by atoms with Gasteiger partial charge in [0.2, 0.25) is 0 Å². The first-order valence-corrected chi connectivity index (χ1v) is 10.5. The standard InChI is InChI=1S/C24H15N3O4S/c28-23-22(14-20-10-11-21(31-20)17-6-3-7-19(13-17)27(29)30)32-24(26-23)25-18-9-8-15-4-1-2-5-16(15)12-18/h1-14H,(H,25,26,28). The van der Waals surface area contributed by atoms with E-state index in [1.807, 2.05) is 42.5 Å². The molecule has 1 saturated heterocycles. The highest BCUT2D eigenvalue weighted by Gasteiger charge is 2.24. The Morgan fingerprint density at radius 1 is 0.969 bits per heavy atom. The van der Waals surface area contributed by atoms with Crippen LogP contribution < -0.4 is 5.32 Å². The number of thioether (sulfide) groups is 1. The number of amidine groups is 1. The van der Waals surface area contributed by atoms with Gasteiger partial charge in [0.25, 0.3) is 11.6 Å². The number of amides is 1. The summed E-state index contributed by atoms with van der Waals surface area (Å²) in [5.74, 6) is 0.688. The van der Waals surface area contributed by atoms with Crippen molar-refractivity contribution in [1.82, 2.24) is 5.32 Å². The van der Waals surface area contributed by atoms with Gasteiger partial charge in [-0.2, -0.15) is 0 Å². The van der Waals surface area contributed by atoms with E-state index in [1.54, 1.807) is 30.3 Å². The van der Waals surface area contributed by atoms with Gasteiger partial charge in [0.15, 0.2) is 5.17 Å². The van der Waals surface area contributed by atoms with Crippen LogP contribution in [0.5, 0.6) is 0 Å². The van der Waals surface area contributed by atoms with Crippen molar-refractivity contribution in [3.05, 3.63) is 99.6 Å². The van der Waals surface area contributed by atoms with E-state index in [0.29, 0.717) is 27.2 Å². The predicted molar refractivity (Wildman–Crippen MR) is 126 cm³/mol. The molecule has 0 bridgehead atoms. The number of hydrogen-bond acceptors (Lipinski definition) is 6. The second kappa shape index (κ2) is 8.16. The highest BCUT2D eigenvalue weighted by atomic mass is 32.2. The van der Waals surface area contributed by atoms with Gasteiger partial charge in [0.1, 0.15) is 11.5 Å². The fraction of sp³-hybridized carbons (Fsp3) is 0. The van der Waals surface area contributed by atoms with Crippen molar-refractivity contribution in [2.45, 2.75) is 0 Å². The molecule has 156 valence electrons. The van der Waals surface area contributed by atoms with Crippen LogP contribution in [-0.4, -0.2) is 16.0 Å². The average Bonchev–Trinajstić information content (AvgIpc) is 3.40. The lowest BCUT2D eigenvalue weighted by atomic mass is 10.1. The Bertz CT molecular complexity index is 1440. The van der Waals surface area contributed by atoms with Gasteiger partial charge in [-0.25, -0.2) is 4.99 Å². The Hall–Kier alpha value is -4.17. The summed E-state index contributed by atoms with van der Waals surface area (Å²) < 4.78 is 5.78. The number of nitro groups is 1. The van der Waals surface area contributed by atoms with Crippen LogP contribution in [0.2, 0.25) is 0 Å². The number of aliphatic imine (C=N–C) groups is 1. The van der Waals surface area contributed by atoms with Gasteiger partial charge in [-0.3, -0.25) is 14.9 Å². The first-order chi connectivity index (χ1) is 15.5. The molecule has 3 aromatic carbocycles. The molecule has 0 radical (unpaired) electrons. The van der Waals surface area contributed by atoms with E-state index in [-0.39, 0.29) is 11.6 Å². The lowest BCUT2D eigenvalue weighted by Gasteiger charge is -2.00. The molecule has 0 aliphatic carbocycles. The fourth-order valence-electron chi connectivity index (χ4n) is 3.33. The molecule has 1 aromatic heterocycles.